The van der Waals surface area contributed by atoms with Crippen LogP contribution in [0.2, 0.25) is 0 Å². The number of rotatable bonds is 25. The predicted octanol–water partition coefficient (Wildman–Crippen LogP) is 9.15. The highest BCUT2D eigenvalue weighted by atomic mass is 16.6. The summed E-state index contributed by atoms with van der Waals surface area (Å²) in [6.45, 7) is 12.5. The van der Waals surface area contributed by atoms with E-state index in [-0.39, 0.29) is 38.4 Å². The standard InChI is InChI=1S/C40H58O8/c1-6-11-13-19-37(41)47-31(26-43-23-8-3)28-45-39-33-17-15-16-18-34(33)40(36-25-30(10-5)21-22-35(36)39)46-29-32(27-44-24-9-4)48-38(42)20-14-12-7-2/h15-18,21-22,25,31-32H,6-14,19-20,23-24,26-29H2,1-5H3. The van der Waals surface area contributed by atoms with Crippen molar-refractivity contribution < 1.29 is 38.0 Å². The van der Waals surface area contributed by atoms with Crippen molar-refractivity contribution in [2.24, 2.45) is 0 Å². The molecule has 2 unspecified atom stereocenters. The fraction of sp³-hybridized carbons (Fsp3) is 0.600. The third kappa shape index (κ3) is 12.6. The monoisotopic (exact) mass is 666 g/mol. The van der Waals surface area contributed by atoms with E-state index in [0.29, 0.717) is 37.6 Å². The van der Waals surface area contributed by atoms with Gasteiger partial charge in [0.1, 0.15) is 24.7 Å². The van der Waals surface area contributed by atoms with Crippen molar-refractivity contribution in [3.8, 4) is 11.5 Å². The van der Waals surface area contributed by atoms with Crippen LogP contribution in [0.4, 0.5) is 0 Å². The van der Waals surface area contributed by atoms with Crippen molar-refractivity contribution in [2.75, 3.05) is 39.6 Å². The number of fused-ring (bicyclic) bond motifs is 2. The zero-order valence-corrected chi connectivity index (χ0v) is 30.0. The van der Waals surface area contributed by atoms with E-state index in [0.717, 1.165) is 84.9 Å². The van der Waals surface area contributed by atoms with Crippen LogP contribution in [0.5, 0.6) is 11.5 Å². The van der Waals surface area contributed by atoms with Crippen LogP contribution in [0.3, 0.4) is 0 Å². The van der Waals surface area contributed by atoms with Gasteiger partial charge in [0.2, 0.25) is 0 Å². The molecule has 0 radical (unpaired) electrons. The highest BCUT2D eigenvalue weighted by Gasteiger charge is 2.22. The molecule has 266 valence electrons. The maximum absolute atomic E-state index is 12.7. The van der Waals surface area contributed by atoms with Gasteiger partial charge in [-0.2, -0.15) is 0 Å². The first-order valence-electron chi connectivity index (χ1n) is 18.2. The molecule has 0 aliphatic rings. The van der Waals surface area contributed by atoms with Gasteiger partial charge in [0.05, 0.1) is 13.2 Å². The molecular weight excluding hydrogens is 608 g/mol. The number of benzene rings is 3. The summed E-state index contributed by atoms with van der Waals surface area (Å²) in [6, 6.07) is 14.3. The molecule has 0 amide bonds. The van der Waals surface area contributed by atoms with E-state index in [2.05, 4.69) is 39.0 Å². The largest absolute Gasteiger partial charge is 0.488 e. The fourth-order valence-corrected chi connectivity index (χ4v) is 5.51. The first-order chi connectivity index (χ1) is 23.4. The molecular formula is C40H58O8. The second kappa shape index (κ2) is 22.3. The second-order valence-corrected chi connectivity index (χ2v) is 12.3. The zero-order valence-electron chi connectivity index (χ0n) is 30.0. The number of aryl methyl sites for hydroxylation is 1. The third-order valence-corrected chi connectivity index (χ3v) is 8.09. The Labute approximate surface area is 287 Å². The molecule has 0 heterocycles. The van der Waals surface area contributed by atoms with E-state index < -0.39 is 12.2 Å². The van der Waals surface area contributed by atoms with Gasteiger partial charge in [-0.05, 0) is 43.7 Å². The molecule has 0 spiro atoms. The second-order valence-electron chi connectivity index (χ2n) is 12.3. The molecule has 0 saturated heterocycles. The Hall–Kier alpha value is -3.36. The summed E-state index contributed by atoms with van der Waals surface area (Å²) in [5.41, 5.74) is 1.16. The summed E-state index contributed by atoms with van der Waals surface area (Å²) in [7, 11) is 0. The minimum atomic E-state index is -0.541. The van der Waals surface area contributed by atoms with Crippen LogP contribution >= 0.6 is 0 Å². The Kier molecular flexibility index (Phi) is 18.2. The minimum Gasteiger partial charge on any atom is -0.488 e. The van der Waals surface area contributed by atoms with Crippen molar-refractivity contribution in [3.05, 3.63) is 48.0 Å². The van der Waals surface area contributed by atoms with E-state index in [1.165, 1.54) is 0 Å². The Morgan fingerprint density at radius 2 is 1.04 bits per heavy atom. The molecule has 0 aliphatic heterocycles. The summed E-state index contributed by atoms with van der Waals surface area (Å²) >= 11 is 0. The lowest BCUT2D eigenvalue weighted by atomic mass is 9.98. The van der Waals surface area contributed by atoms with Gasteiger partial charge in [-0.25, -0.2) is 0 Å². The van der Waals surface area contributed by atoms with Crippen molar-refractivity contribution in [1.29, 1.82) is 0 Å². The van der Waals surface area contributed by atoms with Crippen molar-refractivity contribution >= 4 is 33.5 Å². The van der Waals surface area contributed by atoms with Crippen molar-refractivity contribution in [1.82, 2.24) is 0 Å². The molecule has 3 aromatic carbocycles. The number of unbranched alkanes of at least 4 members (excludes halogenated alkanes) is 4. The average Bonchev–Trinajstić information content (AvgIpc) is 3.09. The summed E-state index contributed by atoms with van der Waals surface area (Å²) in [6.07, 6.45) is 7.95. The molecule has 0 bridgehead atoms. The first-order valence-corrected chi connectivity index (χ1v) is 18.2. The van der Waals surface area contributed by atoms with Crippen LogP contribution < -0.4 is 9.47 Å². The first kappa shape index (κ1) is 39.1. The van der Waals surface area contributed by atoms with Gasteiger partial charge in [-0.15, -0.1) is 0 Å². The van der Waals surface area contributed by atoms with Crippen LogP contribution in [0.25, 0.3) is 21.5 Å². The molecule has 8 heteroatoms. The third-order valence-electron chi connectivity index (χ3n) is 8.09. The predicted molar refractivity (Wildman–Crippen MR) is 192 cm³/mol. The number of esters is 2. The summed E-state index contributed by atoms with van der Waals surface area (Å²) in [5.74, 6) is 0.943. The van der Waals surface area contributed by atoms with Crippen LogP contribution in [0.15, 0.2) is 42.5 Å². The lowest BCUT2D eigenvalue weighted by Gasteiger charge is -2.23. The number of hydrogen-bond acceptors (Lipinski definition) is 8. The SMILES string of the molecule is CCCCCC(=O)OC(COCCC)COc1c2ccccc2c(OCC(COCCC)OC(=O)CCCCC)c2cc(CC)ccc12. The lowest BCUT2D eigenvalue weighted by molar-refractivity contribution is -0.155. The quantitative estimate of drug-likeness (QED) is 0.0503. The number of carbonyl (C=O) groups is 2. The van der Waals surface area contributed by atoms with E-state index in [4.69, 9.17) is 28.4 Å². The fourth-order valence-electron chi connectivity index (χ4n) is 5.51. The highest BCUT2D eigenvalue weighted by molar-refractivity contribution is 6.11. The molecule has 0 saturated carbocycles. The molecule has 0 N–H and O–H groups in total. The molecule has 48 heavy (non-hydrogen) atoms. The van der Waals surface area contributed by atoms with Gasteiger partial charge in [0, 0.05) is 47.6 Å². The minimum absolute atomic E-state index is 0.156. The Morgan fingerprint density at radius 1 is 0.562 bits per heavy atom. The number of carbonyl (C=O) groups excluding carboxylic acids is 2. The van der Waals surface area contributed by atoms with Crippen LogP contribution in [0, 0.1) is 0 Å². The van der Waals surface area contributed by atoms with Gasteiger partial charge in [0.15, 0.2) is 12.2 Å². The van der Waals surface area contributed by atoms with E-state index in [9.17, 15) is 9.59 Å². The maximum atomic E-state index is 12.7. The van der Waals surface area contributed by atoms with Gasteiger partial charge < -0.3 is 28.4 Å². The van der Waals surface area contributed by atoms with Gasteiger partial charge in [-0.3, -0.25) is 9.59 Å². The summed E-state index contributed by atoms with van der Waals surface area (Å²) in [4.78, 5) is 25.3. The molecule has 3 rings (SSSR count). The van der Waals surface area contributed by atoms with Gasteiger partial charge >= 0.3 is 11.9 Å². The number of ether oxygens (including phenoxy) is 6. The zero-order chi connectivity index (χ0) is 34.6. The molecule has 0 fully saturated rings. The maximum Gasteiger partial charge on any atom is 0.306 e. The number of hydrogen-bond donors (Lipinski definition) is 0. The molecule has 0 aliphatic carbocycles. The van der Waals surface area contributed by atoms with E-state index in [1.54, 1.807) is 0 Å². The summed E-state index contributed by atoms with van der Waals surface area (Å²) < 4.78 is 36.5. The molecule has 0 aromatic heterocycles. The Bertz CT molecular complexity index is 1390. The smallest absolute Gasteiger partial charge is 0.306 e. The Morgan fingerprint density at radius 3 is 1.50 bits per heavy atom. The van der Waals surface area contributed by atoms with E-state index in [1.807, 2.05) is 38.1 Å². The molecule has 2 atom stereocenters. The van der Waals surface area contributed by atoms with Crippen molar-refractivity contribution in [2.45, 2.75) is 117 Å². The van der Waals surface area contributed by atoms with E-state index >= 15 is 0 Å². The van der Waals surface area contributed by atoms with Crippen LogP contribution in [0.1, 0.15) is 104 Å². The normalized spacial score (nSPS) is 12.6. The molecule has 3 aromatic rings. The van der Waals surface area contributed by atoms with Gasteiger partial charge in [0.25, 0.3) is 0 Å². The lowest BCUT2D eigenvalue weighted by Crippen LogP contribution is -2.30. The topological polar surface area (TPSA) is 89.5 Å². The summed E-state index contributed by atoms with van der Waals surface area (Å²) in [5, 5.41) is 3.55. The van der Waals surface area contributed by atoms with Crippen molar-refractivity contribution in [3.63, 3.8) is 0 Å². The van der Waals surface area contributed by atoms with Gasteiger partial charge in [-0.1, -0.05) is 96.7 Å². The van der Waals surface area contributed by atoms with Crippen LogP contribution in [-0.2, 0) is 35.0 Å². The average molecular weight is 667 g/mol. The Balaban J connectivity index is 1.94. The highest BCUT2D eigenvalue weighted by Crippen LogP contribution is 2.43. The molecule has 8 nitrogen and oxygen atoms in total. The van der Waals surface area contributed by atoms with Crippen LogP contribution in [-0.4, -0.2) is 63.8 Å².